The molecule has 30 heavy (non-hydrogen) atoms. The Bertz CT molecular complexity index is 1100. The summed E-state index contributed by atoms with van der Waals surface area (Å²) >= 11 is 0. The first-order valence-corrected chi connectivity index (χ1v) is 10.4. The van der Waals surface area contributed by atoms with Crippen molar-refractivity contribution in [3.05, 3.63) is 69.3 Å². The highest BCUT2D eigenvalue weighted by molar-refractivity contribution is 5.93. The molecule has 0 spiro atoms. The van der Waals surface area contributed by atoms with Crippen molar-refractivity contribution in [1.29, 1.82) is 0 Å². The SMILES string of the molecule is CCC(C)N(CC(=O)Nc1c(C)cc(C)cc1C)Cc1nc2ccccc2c(=O)[nH]1. The number of anilines is 1. The van der Waals surface area contributed by atoms with Crippen LogP contribution >= 0.6 is 0 Å². The predicted octanol–water partition coefficient (Wildman–Crippen LogP) is 4.09. The van der Waals surface area contributed by atoms with Crippen LogP contribution in [0.15, 0.2) is 41.2 Å². The summed E-state index contributed by atoms with van der Waals surface area (Å²) in [6, 6.07) is 11.6. The molecule has 2 N–H and O–H groups in total. The summed E-state index contributed by atoms with van der Waals surface area (Å²) in [6.45, 7) is 10.8. The zero-order chi connectivity index (χ0) is 21.8. The number of benzene rings is 2. The van der Waals surface area contributed by atoms with Crippen LogP contribution < -0.4 is 10.9 Å². The average molecular weight is 407 g/mol. The summed E-state index contributed by atoms with van der Waals surface area (Å²) in [5, 5.41) is 3.64. The second-order valence-electron chi connectivity index (χ2n) is 8.01. The van der Waals surface area contributed by atoms with Gasteiger partial charge in [0.1, 0.15) is 5.82 Å². The number of fused-ring (bicyclic) bond motifs is 1. The third kappa shape index (κ3) is 4.94. The Kier molecular flexibility index (Phi) is 6.67. The van der Waals surface area contributed by atoms with E-state index in [0.717, 1.165) is 23.2 Å². The standard InChI is InChI=1S/C24H30N4O2/c1-6-18(5)28(13-21-25-20-10-8-7-9-19(20)24(30)26-21)14-22(29)27-23-16(3)11-15(2)12-17(23)4/h7-12,18H,6,13-14H2,1-5H3,(H,27,29)(H,25,26,30). The van der Waals surface area contributed by atoms with E-state index >= 15 is 0 Å². The van der Waals surface area contributed by atoms with E-state index in [0.29, 0.717) is 23.3 Å². The van der Waals surface area contributed by atoms with E-state index in [9.17, 15) is 9.59 Å². The second kappa shape index (κ2) is 9.22. The molecule has 0 saturated carbocycles. The third-order valence-corrected chi connectivity index (χ3v) is 5.52. The Labute approximate surface area is 177 Å². The van der Waals surface area contributed by atoms with Crippen LogP contribution in [0.25, 0.3) is 10.9 Å². The maximum absolute atomic E-state index is 12.9. The van der Waals surface area contributed by atoms with E-state index < -0.39 is 0 Å². The third-order valence-electron chi connectivity index (χ3n) is 5.52. The molecule has 0 saturated heterocycles. The van der Waals surface area contributed by atoms with Gasteiger partial charge in [0.05, 0.1) is 24.0 Å². The number of aromatic amines is 1. The van der Waals surface area contributed by atoms with E-state index in [2.05, 4.69) is 41.3 Å². The predicted molar refractivity (Wildman–Crippen MR) is 122 cm³/mol. The van der Waals surface area contributed by atoms with Gasteiger partial charge in [-0.1, -0.05) is 36.8 Å². The Morgan fingerprint density at radius 3 is 2.50 bits per heavy atom. The first-order chi connectivity index (χ1) is 14.3. The normalized spacial score (nSPS) is 12.3. The number of carbonyl (C=O) groups excluding carboxylic acids is 1. The number of H-pyrrole nitrogens is 1. The number of hydrogen-bond acceptors (Lipinski definition) is 4. The van der Waals surface area contributed by atoms with Crippen LogP contribution in [0.1, 0.15) is 42.8 Å². The highest BCUT2D eigenvalue weighted by Crippen LogP contribution is 2.22. The van der Waals surface area contributed by atoms with Crippen LogP contribution in [-0.2, 0) is 11.3 Å². The van der Waals surface area contributed by atoms with Crippen LogP contribution in [0.5, 0.6) is 0 Å². The molecular weight excluding hydrogens is 376 g/mol. The molecule has 0 aliphatic heterocycles. The average Bonchev–Trinajstić information content (AvgIpc) is 2.69. The molecule has 3 rings (SSSR count). The summed E-state index contributed by atoms with van der Waals surface area (Å²) in [5.41, 5.74) is 4.65. The first kappa shape index (κ1) is 21.7. The number of para-hydroxylation sites is 1. The van der Waals surface area contributed by atoms with Crippen molar-refractivity contribution in [3.63, 3.8) is 0 Å². The van der Waals surface area contributed by atoms with E-state index in [1.54, 1.807) is 6.07 Å². The lowest BCUT2D eigenvalue weighted by atomic mass is 10.1. The smallest absolute Gasteiger partial charge is 0.258 e. The summed E-state index contributed by atoms with van der Waals surface area (Å²) in [7, 11) is 0. The van der Waals surface area contributed by atoms with Gasteiger partial charge in [0.15, 0.2) is 0 Å². The quantitative estimate of drug-likeness (QED) is 0.620. The van der Waals surface area contributed by atoms with Gasteiger partial charge in [-0.2, -0.15) is 0 Å². The molecule has 0 radical (unpaired) electrons. The fraction of sp³-hybridized carbons (Fsp3) is 0.375. The van der Waals surface area contributed by atoms with Crippen molar-refractivity contribution in [2.75, 3.05) is 11.9 Å². The molecule has 1 atom stereocenters. The zero-order valence-corrected chi connectivity index (χ0v) is 18.4. The number of nitrogens with zero attached hydrogens (tertiary/aromatic N) is 2. The Balaban J connectivity index is 1.80. The Morgan fingerprint density at radius 1 is 1.17 bits per heavy atom. The van der Waals surface area contributed by atoms with Crippen molar-refractivity contribution in [2.45, 2.75) is 53.6 Å². The number of nitrogens with one attached hydrogen (secondary N) is 2. The summed E-state index contributed by atoms with van der Waals surface area (Å²) < 4.78 is 0. The first-order valence-electron chi connectivity index (χ1n) is 10.4. The summed E-state index contributed by atoms with van der Waals surface area (Å²) in [4.78, 5) is 34.8. The minimum Gasteiger partial charge on any atom is -0.324 e. The fourth-order valence-electron chi connectivity index (χ4n) is 3.77. The van der Waals surface area contributed by atoms with E-state index in [1.807, 2.05) is 43.9 Å². The topological polar surface area (TPSA) is 78.1 Å². The number of amides is 1. The van der Waals surface area contributed by atoms with E-state index in [-0.39, 0.29) is 24.1 Å². The van der Waals surface area contributed by atoms with Gasteiger partial charge in [0, 0.05) is 11.7 Å². The van der Waals surface area contributed by atoms with Crippen molar-refractivity contribution < 1.29 is 4.79 Å². The highest BCUT2D eigenvalue weighted by Gasteiger charge is 2.19. The van der Waals surface area contributed by atoms with Gasteiger partial charge in [-0.3, -0.25) is 14.5 Å². The zero-order valence-electron chi connectivity index (χ0n) is 18.4. The Morgan fingerprint density at radius 2 is 1.83 bits per heavy atom. The molecule has 0 fully saturated rings. The molecule has 0 aliphatic rings. The van der Waals surface area contributed by atoms with Gasteiger partial charge < -0.3 is 10.3 Å². The van der Waals surface area contributed by atoms with Crippen molar-refractivity contribution in [1.82, 2.24) is 14.9 Å². The van der Waals surface area contributed by atoms with Crippen LogP contribution in [0, 0.1) is 20.8 Å². The second-order valence-corrected chi connectivity index (χ2v) is 8.01. The number of hydrogen-bond donors (Lipinski definition) is 2. The van der Waals surface area contributed by atoms with Crippen LogP contribution in [0.4, 0.5) is 5.69 Å². The maximum Gasteiger partial charge on any atom is 0.258 e. The molecule has 6 heteroatoms. The van der Waals surface area contributed by atoms with E-state index in [1.165, 1.54) is 5.56 Å². The molecule has 6 nitrogen and oxygen atoms in total. The molecule has 0 bridgehead atoms. The van der Waals surface area contributed by atoms with Crippen LogP contribution in [0.2, 0.25) is 0 Å². The monoisotopic (exact) mass is 406 g/mol. The van der Waals surface area contributed by atoms with Gasteiger partial charge in [0.2, 0.25) is 5.91 Å². The molecule has 2 aromatic carbocycles. The molecule has 158 valence electrons. The van der Waals surface area contributed by atoms with E-state index in [4.69, 9.17) is 0 Å². The largest absolute Gasteiger partial charge is 0.324 e. The van der Waals surface area contributed by atoms with Gasteiger partial charge in [0.25, 0.3) is 5.56 Å². The lowest BCUT2D eigenvalue weighted by Gasteiger charge is -2.27. The van der Waals surface area contributed by atoms with Gasteiger partial charge in [-0.05, 0) is 57.4 Å². The summed E-state index contributed by atoms with van der Waals surface area (Å²) in [6.07, 6.45) is 0.883. The number of aryl methyl sites for hydroxylation is 3. The molecule has 1 aromatic heterocycles. The minimum atomic E-state index is -0.157. The van der Waals surface area contributed by atoms with Crippen molar-refractivity contribution in [3.8, 4) is 0 Å². The summed E-state index contributed by atoms with van der Waals surface area (Å²) in [5.74, 6) is 0.489. The van der Waals surface area contributed by atoms with Crippen molar-refractivity contribution in [2.24, 2.45) is 0 Å². The molecule has 1 unspecified atom stereocenters. The maximum atomic E-state index is 12.9. The molecule has 3 aromatic rings. The van der Waals surface area contributed by atoms with Crippen LogP contribution in [-0.4, -0.2) is 33.4 Å². The molecule has 1 amide bonds. The lowest BCUT2D eigenvalue weighted by Crippen LogP contribution is -2.39. The van der Waals surface area contributed by atoms with Crippen LogP contribution in [0.3, 0.4) is 0 Å². The Hall–Kier alpha value is -2.99. The van der Waals surface area contributed by atoms with Gasteiger partial charge in [-0.25, -0.2) is 4.98 Å². The highest BCUT2D eigenvalue weighted by atomic mass is 16.2. The minimum absolute atomic E-state index is 0.0755. The number of carbonyl (C=O) groups is 1. The van der Waals surface area contributed by atoms with Gasteiger partial charge in [-0.15, -0.1) is 0 Å². The molecule has 0 aliphatic carbocycles. The molecular formula is C24H30N4O2. The number of aromatic nitrogens is 2. The van der Waals surface area contributed by atoms with Gasteiger partial charge >= 0.3 is 0 Å². The fourth-order valence-corrected chi connectivity index (χ4v) is 3.77. The number of rotatable bonds is 7. The van der Waals surface area contributed by atoms with Crippen molar-refractivity contribution >= 4 is 22.5 Å². The molecule has 1 heterocycles. The lowest BCUT2D eigenvalue weighted by molar-refractivity contribution is -0.118.